The fourth-order valence-corrected chi connectivity index (χ4v) is 3.81. The van der Waals surface area contributed by atoms with E-state index in [0.29, 0.717) is 5.41 Å². The van der Waals surface area contributed by atoms with Crippen LogP contribution in [-0.2, 0) is 0 Å². The van der Waals surface area contributed by atoms with Gasteiger partial charge in [-0.15, -0.1) is 0 Å². The van der Waals surface area contributed by atoms with E-state index in [1.165, 1.54) is 51.5 Å². The zero-order valence-corrected chi connectivity index (χ0v) is 11.4. The summed E-state index contributed by atoms with van der Waals surface area (Å²) in [5.41, 5.74) is 0.684. The molecule has 0 amide bonds. The number of nitrogens with one attached hydrogen (secondary N) is 1. The third kappa shape index (κ3) is 2.80. The van der Waals surface area contributed by atoms with Crippen molar-refractivity contribution in [1.29, 1.82) is 0 Å². The van der Waals surface area contributed by atoms with Crippen molar-refractivity contribution in [1.82, 2.24) is 5.32 Å². The van der Waals surface area contributed by atoms with Crippen molar-refractivity contribution in [3.8, 4) is 0 Å². The van der Waals surface area contributed by atoms with Crippen molar-refractivity contribution in [2.75, 3.05) is 6.54 Å². The van der Waals surface area contributed by atoms with Gasteiger partial charge < -0.3 is 5.32 Å². The van der Waals surface area contributed by atoms with E-state index in [1.807, 2.05) is 0 Å². The Morgan fingerprint density at radius 2 is 1.69 bits per heavy atom. The highest BCUT2D eigenvalue weighted by Crippen LogP contribution is 2.43. The Bertz CT molecular complexity index is 204. The lowest BCUT2D eigenvalue weighted by Crippen LogP contribution is -2.45. The van der Waals surface area contributed by atoms with Crippen molar-refractivity contribution in [2.45, 2.75) is 71.8 Å². The summed E-state index contributed by atoms with van der Waals surface area (Å²) in [7, 11) is 0. The molecule has 2 rings (SSSR count). The molecule has 0 saturated heterocycles. The predicted octanol–water partition coefficient (Wildman–Crippen LogP) is 3.98. The molecule has 2 aliphatic carbocycles. The van der Waals surface area contributed by atoms with Crippen LogP contribution >= 0.6 is 0 Å². The lowest BCUT2D eigenvalue weighted by molar-refractivity contribution is 0.109. The molecule has 1 N–H and O–H groups in total. The Morgan fingerprint density at radius 1 is 1.06 bits per heavy atom. The van der Waals surface area contributed by atoms with E-state index in [-0.39, 0.29) is 0 Å². The highest BCUT2D eigenvalue weighted by atomic mass is 14.9. The summed E-state index contributed by atoms with van der Waals surface area (Å²) in [5.74, 6) is 1.86. The van der Waals surface area contributed by atoms with Gasteiger partial charge in [0.25, 0.3) is 0 Å². The van der Waals surface area contributed by atoms with Gasteiger partial charge >= 0.3 is 0 Å². The van der Waals surface area contributed by atoms with Crippen LogP contribution in [0.2, 0.25) is 0 Å². The first-order valence-corrected chi connectivity index (χ1v) is 7.37. The van der Waals surface area contributed by atoms with Crippen molar-refractivity contribution in [3.05, 3.63) is 0 Å². The zero-order valence-electron chi connectivity index (χ0n) is 11.4. The maximum atomic E-state index is 3.88. The summed E-state index contributed by atoms with van der Waals surface area (Å²) < 4.78 is 0. The molecule has 0 heterocycles. The first-order valence-electron chi connectivity index (χ1n) is 7.37. The molecule has 94 valence electrons. The third-order valence-electron chi connectivity index (χ3n) is 5.11. The molecule has 1 nitrogen and oxygen atoms in total. The Labute approximate surface area is 101 Å². The molecule has 0 bridgehead atoms. The van der Waals surface area contributed by atoms with Crippen LogP contribution in [0.3, 0.4) is 0 Å². The van der Waals surface area contributed by atoms with E-state index in [0.717, 1.165) is 17.9 Å². The van der Waals surface area contributed by atoms with Crippen molar-refractivity contribution in [2.24, 2.45) is 17.3 Å². The van der Waals surface area contributed by atoms with E-state index < -0.39 is 0 Å². The molecule has 0 aromatic carbocycles. The Balaban J connectivity index is 1.76. The average Bonchev–Trinajstić information content (AvgIpc) is 2.15. The molecule has 2 saturated carbocycles. The largest absolute Gasteiger partial charge is 0.313 e. The van der Waals surface area contributed by atoms with Gasteiger partial charge in [0.2, 0.25) is 0 Å². The predicted molar refractivity (Wildman–Crippen MR) is 70.5 cm³/mol. The van der Waals surface area contributed by atoms with Gasteiger partial charge in [0.1, 0.15) is 0 Å². The van der Waals surface area contributed by atoms with E-state index >= 15 is 0 Å². The van der Waals surface area contributed by atoms with Gasteiger partial charge in [-0.2, -0.15) is 0 Å². The minimum atomic E-state index is 0.684. The number of rotatable bonds is 4. The summed E-state index contributed by atoms with van der Waals surface area (Å²) in [6, 6.07) is 0.808. The smallest absolute Gasteiger partial charge is 0.00723 e. The van der Waals surface area contributed by atoms with Crippen LogP contribution in [0, 0.1) is 17.3 Å². The quantitative estimate of drug-likeness (QED) is 0.760. The minimum Gasteiger partial charge on any atom is -0.313 e. The van der Waals surface area contributed by atoms with Gasteiger partial charge in [0.15, 0.2) is 0 Å². The number of hydrogen-bond acceptors (Lipinski definition) is 1. The molecule has 2 fully saturated rings. The summed E-state index contributed by atoms with van der Waals surface area (Å²) in [6.07, 6.45) is 10.0. The third-order valence-corrected chi connectivity index (χ3v) is 5.11. The molecular formula is C15H29N. The normalized spacial score (nSPS) is 38.1. The second-order valence-electron chi connectivity index (χ2n) is 6.70. The molecule has 0 aliphatic heterocycles. The van der Waals surface area contributed by atoms with Crippen LogP contribution in [0.1, 0.15) is 65.7 Å². The Kier molecular flexibility index (Phi) is 3.94. The SMILES string of the molecule is CCC1(CNC2CC(C)CC(C)C2)CCC1. The lowest BCUT2D eigenvalue weighted by Gasteiger charge is -2.43. The summed E-state index contributed by atoms with van der Waals surface area (Å²) in [4.78, 5) is 0. The fraction of sp³-hybridized carbons (Fsp3) is 1.00. The molecule has 2 aliphatic rings. The van der Waals surface area contributed by atoms with Crippen LogP contribution in [0.4, 0.5) is 0 Å². The van der Waals surface area contributed by atoms with Crippen molar-refractivity contribution < 1.29 is 0 Å². The monoisotopic (exact) mass is 223 g/mol. The second kappa shape index (κ2) is 5.08. The molecule has 0 radical (unpaired) electrons. The molecule has 0 aromatic heterocycles. The van der Waals surface area contributed by atoms with E-state index in [2.05, 4.69) is 26.1 Å². The first kappa shape index (κ1) is 12.4. The van der Waals surface area contributed by atoms with Crippen LogP contribution in [0.15, 0.2) is 0 Å². The maximum absolute atomic E-state index is 3.88. The topological polar surface area (TPSA) is 12.0 Å². The molecule has 1 heteroatoms. The van der Waals surface area contributed by atoms with Crippen LogP contribution in [0.25, 0.3) is 0 Å². The van der Waals surface area contributed by atoms with E-state index in [9.17, 15) is 0 Å². The van der Waals surface area contributed by atoms with Crippen molar-refractivity contribution in [3.63, 3.8) is 0 Å². The van der Waals surface area contributed by atoms with Crippen LogP contribution in [0.5, 0.6) is 0 Å². The van der Waals surface area contributed by atoms with Crippen molar-refractivity contribution >= 4 is 0 Å². The van der Waals surface area contributed by atoms with Crippen LogP contribution < -0.4 is 5.32 Å². The standard InChI is InChI=1S/C15H29N/c1-4-15(6-5-7-15)11-16-14-9-12(2)8-13(3)10-14/h12-14,16H,4-11H2,1-3H3. The molecule has 2 unspecified atom stereocenters. The second-order valence-corrected chi connectivity index (χ2v) is 6.70. The summed E-state index contributed by atoms with van der Waals surface area (Å²) in [6.45, 7) is 8.49. The van der Waals surface area contributed by atoms with Gasteiger partial charge in [0, 0.05) is 12.6 Å². The average molecular weight is 223 g/mol. The highest BCUT2D eigenvalue weighted by Gasteiger charge is 2.35. The lowest BCUT2D eigenvalue weighted by atomic mass is 9.66. The maximum Gasteiger partial charge on any atom is 0.00723 e. The minimum absolute atomic E-state index is 0.684. The highest BCUT2D eigenvalue weighted by molar-refractivity contribution is 4.90. The van der Waals surface area contributed by atoms with Crippen LogP contribution in [-0.4, -0.2) is 12.6 Å². The summed E-state index contributed by atoms with van der Waals surface area (Å²) >= 11 is 0. The number of hydrogen-bond donors (Lipinski definition) is 1. The zero-order chi connectivity index (χ0) is 11.6. The molecule has 0 spiro atoms. The summed E-state index contributed by atoms with van der Waals surface area (Å²) in [5, 5.41) is 3.88. The Hall–Kier alpha value is -0.0400. The van der Waals surface area contributed by atoms with Gasteiger partial charge in [-0.1, -0.05) is 27.2 Å². The molecular weight excluding hydrogens is 194 g/mol. The Morgan fingerprint density at radius 3 is 2.12 bits per heavy atom. The van der Waals surface area contributed by atoms with Gasteiger partial charge in [0.05, 0.1) is 0 Å². The molecule has 16 heavy (non-hydrogen) atoms. The fourth-order valence-electron chi connectivity index (χ4n) is 3.81. The van der Waals surface area contributed by atoms with E-state index in [4.69, 9.17) is 0 Å². The van der Waals surface area contributed by atoms with Gasteiger partial charge in [-0.3, -0.25) is 0 Å². The molecule has 0 aromatic rings. The molecule has 2 atom stereocenters. The van der Waals surface area contributed by atoms with Gasteiger partial charge in [-0.05, 0) is 55.8 Å². The first-order chi connectivity index (χ1) is 7.63. The van der Waals surface area contributed by atoms with E-state index in [1.54, 1.807) is 0 Å². The van der Waals surface area contributed by atoms with Gasteiger partial charge in [-0.25, -0.2) is 0 Å².